The number of carbonyl (C=O) groups is 2. The number of aromatic amines is 1. The molecule has 3 atom stereocenters. The van der Waals surface area contributed by atoms with E-state index in [4.69, 9.17) is 23.2 Å². The molecule has 1 unspecified atom stereocenters. The number of carboxylic acid groups (broad SMARTS) is 1. The van der Waals surface area contributed by atoms with Crippen molar-refractivity contribution >= 4 is 40.8 Å². The van der Waals surface area contributed by atoms with Gasteiger partial charge in [-0.2, -0.15) is 0 Å². The van der Waals surface area contributed by atoms with E-state index in [0.717, 1.165) is 24.3 Å². The summed E-state index contributed by atoms with van der Waals surface area (Å²) in [6, 6.07) is 7.63. The Morgan fingerprint density at radius 3 is 2.29 bits per heavy atom. The number of benzene rings is 1. The zero-order chi connectivity index (χ0) is 19.3. The topological polar surface area (TPSA) is 88.3 Å². The Hall–Kier alpha value is -1.58. The number of fused-ring (bicyclic) bond motifs is 1. The number of carbonyl (C=O) groups excluding carboxylic acids is 2. The van der Waals surface area contributed by atoms with Gasteiger partial charge in [-0.25, -0.2) is 0 Å². The van der Waals surface area contributed by atoms with Crippen LogP contribution in [0.25, 0.3) is 0 Å². The Balaban J connectivity index is 0.00000225. The molecule has 9 heteroatoms. The Kier molecular flexibility index (Phi) is 6.07. The van der Waals surface area contributed by atoms with Gasteiger partial charge in [-0.1, -0.05) is 35.3 Å². The fourth-order valence-corrected chi connectivity index (χ4v) is 4.31. The third-order valence-electron chi connectivity index (χ3n) is 5.42. The molecule has 2 N–H and O–H groups in total. The number of nitrogens with zero attached hydrogens (tertiary/aromatic N) is 1. The number of halogens is 2. The van der Waals surface area contributed by atoms with Crippen molar-refractivity contribution in [2.45, 2.75) is 19.4 Å². The molecule has 1 amide bonds. The molecule has 2 aliphatic rings. The number of hydrogen-bond donors (Lipinski definition) is 2. The number of anilines is 1. The van der Waals surface area contributed by atoms with Crippen LogP contribution in [0.15, 0.2) is 24.3 Å². The van der Waals surface area contributed by atoms with Gasteiger partial charge in [-0.3, -0.25) is 4.79 Å². The molecule has 0 radical (unpaired) electrons. The number of aromatic nitrogens is 1. The molecule has 6 nitrogen and oxygen atoms in total. The minimum absolute atomic E-state index is 0. The van der Waals surface area contributed by atoms with Gasteiger partial charge in [0.05, 0.1) is 10.0 Å². The molecule has 0 spiro atoms. The van der Waals surface area contributed by atoms with Crippen LogP contribution < -0.4 is 34.2 Å². The van der Waals surface area contributed by atoms with Crippen molar-refractivity contribution in [3.05, 3.63) is 51.3 Å². The van der Waals surface area contributed by atoms with Crippen LogP contribution in [0.4, 0.5) is 5.69 Å². The van der Waals surface area contributed by atoms with Crippen molar-refractivity contribution in [1.82, 2.24) is 10.3 Å². The van der Waals surface area contributed by atoms with Crippen molar-refractivity contribution in [2.75, 3.05) is 18.0 Å². The summed E-state index contributed by atoms with van der Waals surface area (Å²) in [5.41, 5.74) is 2.77. The first-order chi connectivity index (χ1) is 12.8. The molecule has 1 saturated carbocycles. The van der Waals surface area contributed by atoms with E-state index in [9.17, 15) is 14.7 Å². The summed E-state index contributed by atoms with van der Waals surface area (Å²) in [7, 11) is 0. The summed E-state index contributed by atoms with van der Waals surface area (Å²) in [5, 5.41) is 14.3. The standard InChI is InChI=1S/C19H19Cl2N3O3.Li/c1-9-15(20)16(21)18(22-9)19(27)23-17-12-7-24(8-13(12)17)11-4-2-10(3-5-11)6-14(25)26;/h2-5,12-13,17,22H,6-8H2,1H3,(H,23,27)(H,25,26);/q;+1/p-1/t12-,13+,17?;. The van der Waals surface area contributed by atoms with Gasteiger partial charge in [0.15, 0.2) is 0 Å². The van der Waals surface area contributed by atoms with Crippen molar-refractivity contribution in [1.29, 1.82) is 0 Å². The van der Waals surface area contributed by atoms with Crippen molar-refractivity contribution in [2.24, 2.45) is 11.8 Å². The third-order valence-corrected chi connectivity index (χ3v) is 6.37. The SMILES string of the molecule is Cc1[nH]c(C(=O)NC2[C@H]3CN(c4ccc(CC(=O)[O-])cc4)C[C@@H]23)c(Cl)c1Cl.[Li+]. The number of amides is 1. The number of carboxylic acids is 1. The van der Waals surface area contributed by atoms with E-state index in [-0.39, 0.29) is 42.3 Å². The number of aryl methyl sites for hydroxylation is 1. The molecule has 4 rings (SSSR count). The minimum atomic E-state index is -1.08. The second kappa shape index (κ2) is 8.04. The number of hydrogen-bond acceptors (Lipinski definition) is 4. The maximum atomic E-state index is 12.4. The minimum Gasteiger partial charge on any atom is -0.550 e. The fraction of sp³-hybridized carbons (Fsp3) is 0.368. The Labute approximate surface area is 184 Å². The molecular formula is C19H18Cl2LiN3O3. The number of aliphatic carboxylic acids is 1. The van der Waals surface area contributed by atoms with E-state index in [1.54, 1.807) is 6.92 Å². The van der Waals surface area contributed by atoms with Crippen LogP contribution in [-0.4, -0.2) is 36.0 Å². The summed E-state index contributed by atoms with van der Waals surface area (Å²) in [6.45, 7) is 3.48. The van der Waals surface area contributed by atoms with Crippen LogP contribution in [0.2, 0.25) is 10.0 Å². The number of rotatable bonds is 5. The third kappa shape index (κ3) is 3.92. The van der Waals surface area contributed by atoms with E-state index in [0.29, 0.717) is 28.2 Å². The van der Waals surface area contributed by atoms with E-state index < -0.39 is 5.97 Å². The van der Waals surface area contributed by atoms with Crippen molar-refractivity contribution in [3.8, 4) is 0 Å². The van der Waals surface area contributed by atoms with E-state index in [1.165, 1.54) is 0 Å². The van der Waals surface area contributed by atoms with Crippen LogP contribution in [0.5, 0.6) is 0 Å². The Morgan fingerprint density at radius 2 is 1.79 bits per heavy atom. The molecule has 0 bridgehead atoms. The molecule has 1 saturated heterocycles. The first-order valence-corrected chi connectivity index (χ1v) is 9.49. The second-order valence-corrected chi connectivity index (χ2v) is 7.96. The molecular weight excluding hydrogens is 396 g/mol. The van der Waals surface area contributed by atoms with Crippen LogP contribution in [0.1, 0.15) is 21.7 Å². The summed E-state index contributed by atoms with van der Waals surface area (Å²) in [4.78, 5) is 28.3. The normalized spacial score (nSPS) is 22.4. The van der Waals surface area contributed by atoms with Gasteiger partial charge >= 0.3 is 18.9 Å². The zero-order valence-electron chi connectivity index (χ0n) is 15.6. The van der Waals surface area contributed by atoms with Crippen LogP contribution >= 0.6 is 23.2 Å². The quantitative estimate of drug-likeness (QED) is 0.602. The van der Waals surface area contributed by atoms with Gasteiger partial charge in [0.1, 0.15) is 5.69 Å². The molecule has 1 aliphatic carbocycles. The molecule has 28 heavy (non-hydrogen) atoms. The average molecular weight is 414 g/mol. The first-order valence-electron chi connectivity index (χ1n) is 8.73. The first kappa shape index (κ1) is 21.1. The van der Waals surface area contributed by atoms with Gasteiger partial charge < -0.3 is 25.1 Å². The smallest absolute Gasteiger partial charge is 0.550 e. The predicted octanol–water partition coefficient (Wildman–Crippen LogP) is -1.21. The zero-order valence-corrected chi connectivity index (χ0v) is 17.1. The molecule has 1 aromatic heterocycles. The van der Waals surface area contributed by atoms with Gasteiger partial charge in [-0.05, 0) is 24.6 Å². The van der Waals surface area contributed by atoms with E-state index in [1.807, 2.05) is 24.3 Å². The van der Waals surface area contributed by atoms with Crippen LogP contribution in [-0.2, 0) is 11.2 Å². The number of H-pyrrole nitrogens is 1. The largest absolute Gasteiger partial charge is 1.00 e. The monoisotopic (exact) mass is 413 g/mol. The average Bonchev–Trinajstić information content (AvgIpc) is 2.96. The van der Waals surface area contributed by atoms with Crippen LogP contribution in [0, 0.1) is 18.8 Å². The Morgan fingerprint density at radius 1 is 1.18 bits per heavy atom. The molecule has 2 aromatic rings. The molecule has 1 aromatic carbocycles. The fourth-order valence-electron chi connectivity index (χ4n) is 3.89. The maximum Gasteiger partial charge on any atom is 1.00 e. The van der Waals surface area contributed by atoms with E-state index >= 15 is 0 Å². The summed E-state index contributed by atoms with van der Waals surface area (Å²) in [6.07, 6.45) is -0.0789. The number of piperidine rings is 1. The molecule has 2 fully saturated rings. The van der Waals surface area contributed by atoms with Gasteiger partial charge in [0.2, 0.25) is 0 Å². The van der Waals surface area contributed by atoms with E-state index in [2.05, 4.69) is 15.2 Å². The predicted molar refractivity (Wildman–Crippen MR) is 101 cm³/mol. The Bertz CT molecular complexity index is 904. The maximum absolute atomic E-state index is 12.4. The summed E-state index contributed by atoms with van der Waals surface area (Å²) >= 11 is 12.1. The van der Waals surface area contributed by atoms with Gasteiger partial charge in [0.25, 0.3) is 5.91 Å². The van der Waals surface area contributed by atoms with Crippen molar-refractivity contribution < 1.29 is 33.6 Å². The van der Waals surface area contributed by atoms with Crippen LogP contribution in [0.3, 0.4) is 0 Å². The molecule has 2 heterocycles. The summed E-state index contributed by atoms with van der Waals surface area (Å²) < 4.78 is 0. The second-order valence-electron chi connectivity index (χ2n) is 7.20. The van der Waals surface area contributed by atoms with Crippen molar-refractivity contribution in [3.63, 3.8) is 0 Å². The van der Waals surface area contributed by atoms with Gasteiger partial charge in [-0.15, -0.1) is 0 Å². The molecule has 142 valence electrons. The van der Waals surface area contributed by atoms with Gasteiger partial charge in [0, 0.05) is 54.7 Å². The summed E-state index contributed by atoms with van der Waals surface area (Å²) in [5.74, 6) is -0.501. The molecule has 1 aliphatic heterocycles. The number of nitrogens with one attached hydrogen (secondary N) is 2.